The van der Waals surface area contributed by atoms with Crippen LogP contribution < -0.4 is 9.62 Å². The van der Waals surface area contributed by atoms with Crippen LogP contribution in [0.2, 0.25) is 0 Å². The molecule has 0 aromatic carbocycles. The summed E-state index contributed by atoms with van der Waals surface area (Å²) in [7, 11) is 2.69. The molecule has 0 radical (unpaired) electrons. The van der Waals surface area contributed by atoms with Gasteiger partial charge in [-0.15, -0.1) is 0 Å². The van der Waals surface area contributed by atoms with Gasteiger partial charge in [0, 0.05) is 13.1 Å². The van der Waals surface area contributed by atoms with Gasteiger partial charge in [-0.1, -0.05) is 6.92 Å². The molecule has 0 spiro atoms. The third-order valence-electron chi connectivity index (χ3n) is 2.80. The second kappa shape index (κ2) is 7.20. The predicted octanol–water partition coefficient (Wildman–Crippen LogP) is 1.65. The number of anilines is 2. The fourth-order valence-corrected chi connectivity index (χ4v) is 1.68. The summed E-state index contributed by atoms with van der Waals surface area (Å²) in [6.45, 7) is 3.98. The number of carbonyl (C=O) groups is 1. The number of rotatable bonds is 6. The standard InChI is InChI=1S/C12H19N3O4S/c1-5-8(2)13-10-6-9(12(16)19-4)7-11(14-10)15(3)20(17)18/h6-8H,5H2,1-4H3,(H,13,14)(H,17,18). The van der Waals surface area contributed by atoms with Gasteiger partial charge in [0.05, 0.1) is 12.7 Å². The minimum absolute atomic E-state index is 0.160. The Kier molecular flexibility index (Phi) is 5.90. The quantitative estimate of drug-likeness (QED) is 0.613. The summed E-state index contributed by atoms with van der Waals surface area (Å²) in [5.74, 6) is 0.132. The van der Waals surface area contributed by atoms with Crippen LogP contribution in [0.4, 0.5) is 11.6 Å². The van der Waals surface area contributed by atoms with E-state index in [1.807, 2.05) is 13.8 Å². The zero-order chi connectivity index (χ0) is 15.3. The van der Waals surface area contributed by atoms with Gasteiger partial charge in [0.2, 0.25) is 0 Å². The van der Waals surface area contributed by atoms with Gasteiger partial charge in [0.15, 0.2) is 0 Å². The number of hydrogen-bond acceptors (Lipinski definition) is 5. The van der Waals surface area contributed by atoms with Crippen molar-refractivity contribution in [1.82, 2.24) is 4.98 Å². The van der Waals surface area contributed by atoms with E-state index in [0.29, 0.717) is 5.82 Å². The second-order valence-corrected chi connectivity index (χ2v) is 5.28. The number of hydrogen-bond donors (Lipinski definition) is 2. The first kappa shape index (κ1) is 16.4. The van der Waals surface area contributed by atoms with E-state index in [1.165, 1.54) is 20.2 Å². The van der Waals surface area contributed by atoms with Crippen molar-refractivity contribution >= 4 is 28.9 Å². The number of methoxy groups -OCH3 is 1. The van der Waals surface area contributed by atoms with Gasteiger partial charge >= 0.3 is 5.97 Å². The monoisotopic (exact) mass is 301 g/mol. The lowest BCUT2D eigenvalue weighted by Gasteiger charge is -2.17. The van der Waals surface area contributed by atoms with Crippen LogP contribution in [0.5, 0.6) is 0 Å². The van der Waals surface area contributed by atoms with E-state index in [1.54, 1.807) is 6.07 Å². The van der Waals surface area contributed by atoms with Crippen LogP contribution in [-0.4, -0.2) is 39.9 Å². The van der Waals surface area contributed by atoms with E-state index < -0.39 is 17.2 Å². The van der Waals surface area contributed by atoms with Crippen molar-refractivity contribution in [3.8, 4) is 0 Å². The fraction of sp³-hybridized carbons (Fsp3) is 0.500. The maximum absolute atomic E-state index is 11.6. The smallest absolute Gasteiger partial charge is 0.338 e. The van der Waals surface area contributed by atoms with Gasteiger partial charge in [0.25, 0.3) is 11.3 Å². The maximum Gasteiger partial charge on any atom is 0.338 e. The van der Waals surface area contributed by atoms with Gasteiger partial charge < -0.3 is 10.1 Å². The summed E-state index contributed by atoms with van der Waals surface area (Å²) in [6.07, 6.45) is 0.876. The van der Waals surface area contributed by atoms with E-state index in [-0.39, 0.29) is 17.4 Å². The van der Waals surface area contributed by atoms with Gasteiger partial charge in [-0.05, 0) is 25.5 Å². The first-order valence-electron chi connectivity index (χ1n) is 6.10. The van der Waals surface area contributed by atoms with Crippen molar-refractivity contribution in [3.63, 3.8) is 0 Å². The zero-order valence-electron chi connectivity index (χ0n) is 11.9. The minimum Gasteiger partial charge on any atom is -0.465 e. The first-order valence-corrected chi connectivity index (χ1v) is 7.17. The number of nitrogens with zero attached hydrogens (tertiary/aromatic N) is 2. The summed E-state index contributed by atoms with van der Waals surface area (Å²) in [5, 5.41) is 3.12. The molecule has 0 saturated heterocycles. The normalized spacial score (nSPS) is 13.4. The van der Waals surface area contributed by atoms with Crippen molar-refractivity contribution in [1.29, 1.82) is 0 Å². The molecular weight excluding hydrogens is 282 g/mol. The van der Waals surface area contributed by atoms with Crippen LogP contribution in [-0.2, 0) is 16.0 Å². The molecule has 20 heavy (non-hydrogen) atoms. The highest BCUT2D eigenvalue weighted by Crippen LogP contribution is 2.19. The molecule has 112 valence electrons. The number of nitrogens with one attached hydrogen (secondary N) is 1. The lowest BCUT2D eigenvalue weighted by Crippen LogP contribution is -2.22. The lowest BCUT2D eigenvalue weighted by molar-refractivity contribution is 0.0600. The highest BCUT2D eigenvalue weighted by Gasteiger charge is 2.15. The number of carbonyl (C=O) groups excluding carboxylic acids is 1. The molecule has 0 amide bonds. The minimum atomic E-state index is -2.22. The Morgan fingerprint density at radius 3 is 2.75 bits per heavy atom. The van der Waals surface area contributed by atoms with Crippen LogP contribution in [0.25, 0.3) is 0 Å². The van der Waals surface area contributed by atoms with E-state index in [4.69, 9.17) is 4.55 Å². The van der Waals surface area contributed by atoms with Gasteiger partial charge in [-0.3, -0.25) is 8.86 Å². The van der Waals surface area contributed by atoms with Gasteiger partial charge in [0.1, 0.15) is 11.6 Å². The van der Waals surface area contributed by atoms with Crippen LogP contribution >= 0.6 is 0 Å². The fourth-order valence-electron chi connectivity index (χ4n) is 1.42. The molecule has 0 bridgehead atoms. The molecule has 1 aromatic heterocycles. The molecular formula is C12H19N3O4S. The zero-order valence-corrected chi connectivity index (χ0v) is 12.7. The predicted molar refractivity (Wildman–Crippen MR) is 78.1 cm³/mol. The highest BCUT2D eigenvalue weighted by atomic mass is 32.2. The molecule has 7 nitrogen and oxygen atoms in total. The molecule has 1 aromatic rings. The molecule has 0 aliphatic carbocycles. The first-order chi connectivity index (χ1) is 9.38. The Balaban J connectivity index is 3.20. The lowest BCUT2D eigenvalue weighted by atomic mass is 10.2. The maximum atomic E-state index is 11.6. The van der Waals surface area contributed by atoms with Crippen molar-refractivity contribution in [2.24, 2.45) is 0 Å². The van der Waals surface area contributed by atoms with Crippen molar-refractivity contribution in [3.05, 3.63) is 17.7 Å². The second-order valence-electron chi connectivity index (χ2n) is 4.27. The summed E-state index contributed by atoms with van der Waals surface area (Å²) in [6, 6.07) is 3.12. The Morgan fingerprint density at radius 1 is 1.60 bits per heavy atom. The van der Waals surface area contributed by atoms with Crippen molar-refractivity contribution in [2.75, 3.05) is 23.8 Å². The summed E-state index contributed by atoms with van der Waals surface area (Å²) in [5.41, 5.74) is 0.264. The van der Waals surface area contributed by atoms with Crippen molar-refractivity contribution < 1.29 is 18.3 Å². The molecule has 1 rings (SSSR count). The summed E-state index contributed by atoms with van der Waals surface area (Å²) < 4.78 is 25.9. The number of esters is 1. The molecule has 0 fully saturated rings. The van der Waals surface area contributed by atoms with E-state index in [2.05, 4.69) is 15.0 Å². The van der Waals surface area contributed by atoms with Crippen LogP contribution in [0.3, 0.4) is 0 Å². The molecule has 2 unspecified atom stereocenters. The molecule has 8 heteroatoms. The third kappa shape index (κ3) is 4.17. The molecule has 0 aliphatic heterocycles. The number of ether oxygens (including phenoxy) is 1. The molecule has 1 heterocycles. The van der Waals surface area contributed by atoms with Gasteiger partial charge in [-0.25, -0.2) is 14.0 Å². The Bertz CT molecular complexity index is 509. The average molecular weight is 301 g/mol. The van der Waals surface area contributed by atoms with E-state index in [0.717, 1.165) is 10.7 Å². The van der Waals surface area contributed by atoms with Crippen LogP contribution in [0.15, 0.2) is 12.1 Å². The average Bonchev–Trinajstić information content (AvgIpc) is 2.44. The highest BCUT2D eigenvalue weighted by molar-refractivity contribution is 7.80. The van der Waals surface area contributed by atoms with Crippen LogP contribution in [0.1, 0.15) is 30.6 Å². The topological polar surface area (TPSA) is 91.8 Å². The van der Waals surface area contributed by atoms with Crippen molar-refractivity contribution in [2.45, 2.75) is 26.3 Å². The van der Waals surface area contributed by atoms with Gasteiger partial charge in [-0.2, -0.15) is 0 Å². The van der Waals surface area contributed by atoms with Crippen LogP contribution in [0, 0.1) is 0 Å². The Labute approximate surface area is 120 Å². The van der Waals surface area contributed by atoms with E-state index >= 15 is 0 Å². The molecule has 0 aliphatic rings. The van der Waals surface area contributed by atoms with E-state index in [9.17, 15) is 9.00 Å². The Morgan fingerprint density at radius 2 is 2.25 bits per heavy atom. The SMILES string of the molecule is CCC(C)Nc1cc(C(=O)OC)cc(N(C)S(=O)O)n1. The molecule has 2 atom stereocenters. The number of pyridine rings is 1. The number of aromatic nitrogens is 1. The Hall–Kier alpha value is -1.67. The summed E-state index contributed by atoms with van der Waals surface area (Å²) in [4.78, 5) is 15.8. The molecule has 0 saturated carbocycles. The third-order valence-corrected chi connectivity index (χ3v) is 3.45. The summed E-state index contributed by atoms with van der Waals surface area (Å²) >= 11 is -2.22. The largest absolute Gasteiger partial charge is 0.465 e. The molecule has 2 N–H and O–H groups in total.